The molecule has 5 rings (SSSR count). The van der Waals surface area contributed by atoms with Gasteiger partial charge in [0, 0.05) is 29.2 Å². The molecule has 5 aromatic rings. The van der Waals surface area contributed by atoms with Gasteiger partial charge in [-0.3, -0.25) is 0 Å². The first-order valence-corrected chi connectivity index (χ1v) is 10.1. The molecule has 0 radical (unpaired) electrons. The van der Waals surface area contributed by atoms with Crippen LogP contribution in [0.4, 0.5) is 11.6 Å². The molecule has 0 amide bonds. The van der Waals surface area contributed by atoms with Gasteiger partial charge in [-0.1, -0.05) is 59.9 Å². The summed E-state index contributed by atoms with van der Waals surface area (Å²) in [6.45, 7) is 0.350. The first-order valence-electron chi connectivity index (χ1n) is 9.24. The molecule has 1 N–H and O–H groups in total. The van der Waals surface area contributed by atoms with E-state index >= 15 is 0 Å². The van der Waals surface area contributed by atoms with Gasteiger partial charge in [0.2, 0.25) is 5.82 Å². The Bertz CT molecular complexity index is 1320. The third kappa shape index (κ3) is 3.20. The lowest BCUT2D eigenvalue weighted by molar-refractivity contribution is -0.389. The number of rotatable bonds is 6. The first kappa shape index (κ1) is 18.1. The Hall–Kier alpha value is -3.98. The van der Waals surface area contributed by atoms with Crippen LogP contribution >= 0.6 is 11.3 Å². The highest BCUT2D eigenvalue weighted by Gasteiger charge is 2.24. The van der Waals surface area contributed by atoms with Crippen molar-refractivity contribution in [3.05, 3.63) is 94.1 Å². The zero-order valence-corrected chi connectivity index (χ0v) is 16.5. The van der Waals surface area contributed by atoms with Crippen molar-refractivity contribution >= 4 is 27.9 Å². The lowest BCUT2D eigenvalue weighted by Crippen LogP contribution is -2.03. The predicted molar refractivity (Wildman–Crippen MR) is 116 cm³/mol. The summed E-state index contributed by atoms with van der Waals surface area (Å²) in [5.74, 6) is 0.182. The van der Waals surface area contributed by atoms with Crippen molar-refractivity contribution < 1.29 is 4.92 Å². The van der Waals surface area contributed by atoms with E-state index in [0.717, 1.165) is 22.5 Å². The van der Waals surface area contributed by atoms with Gasteiger partial charge < -0.3 is 15.4 Å². The van der Waals surface area contributed by atoms with Crippen LogP contribution in [-0.2, 0) is 6.54 Å². The summed E-state index contributed by atoms with van der Waals surface area (Å²) in [6, 6.07) is 19.7. The number of thiazole rings is 1. The van der Waals surface area contributed by atoms with Gasteiger partial charge in [0.05, 0.1) is 11.4 Å². The monoisotopic (exact) mass is 416 g/mol. The molecule has 0 saturated heterocycles. The van der Waals surface area contributed by atoms with Crippen molar-refractivity contribution in [2.24, 2.45) is 0 Å². The number of nitrogens with one attached hydrogen (secondary N) is 1. The van der Waals surface area contributed by atoms with Crippen LogP contribution in [0.2, 0.25) is 0 Å². The van der Waals surface area contributed by atoms with Crippen LogP contribution in [0.25, 0.3) is 21.9 Å². The SMILES string of the molecule is O=[N+]([O-])c1c(NCc2cn(-c3ccccc3)nc2-c2ccccc2)nc2sccn12. The van der Waals surface area contributed by atoms with E-state index in [9.17, 15) is 10.1 Å². The number of nitrogens with zero attached hydrogens (tertiary/aromatic N) is 5. The second kappa shape index (κ2) is 7.45. The van der Waals surface area contributed by atoms with Gasteiger partial charge in [-0.2, -0.15) is 14.5 Å². The fraction of sp³-hybridized carbons (Fsp3) is 0.0476. The number of aromatic nitrogens is 4. The number of anilines is 1. The number of fused-ring (bicyclic) bond motifs is 1. The molecular weight excluding hydrogens is 400 g/mol. The average Bonchev–Trinajstić information content (AvgIpc) is 3.47. The number of benzene rings is 2. The van der Waals surface area contributed by atoms with Gasteiger partial charge in [-0.25, -0.2) is 4.68 Å². The maximum atomic E-state index is 11.6. The maximum absolute atomic E-state index is 11.6. The van der Waals surface area contributed by atoms with E-state index in [0.29, 0.717) is 11.5 Å². The van der Waals surface area contributed by atoms with Crippen molar-refractivity contribution in [1.82, 2.24) is 19.2 Å². The molecule has 9 heteroatoms. The quantitative estimate of drug-likeness (QED) is 0.318. The molecule has 0 fully saturated rings. The Balaban J connectivity index is 1.52. The highest BCUT2D eigenvalue weighted by molar-refractivity contribution is 7.15. The lowest BCUT2D eigenvalue weighted by Gasteiger charge is -2.04. The molecule has 3 aromatic heterocycles. The first-order chi connectivity index (χ1) is 14.7. The molecule has 0 spiro atoms. The molecule has 8 nitrogen and oxygen atoms in total. The van der Waals surface area contributed by atoms with E-state index in [1.807, 2.05) is 71.5 Å². The van der Waals surface area contributed by atoms with Crippen LogP contribution in [0.15, 0.2) is 78.4 Å². The van der Waals surface area contributed by atoms with Crippen LogP contribution < -0.4 is 5.32 Å². The van der Waals surface area contributed by atoms with Crippen LogP contribution in [0.3, 0.4) is 0 Å². The van der Waals surface area contributed by atoms with Crippen molar-refractivity contribution in [3.63, 3.8) is 0 Å². The van der Waals surface area contributed by atoms with Crippen molar-refractivity contribution in [2.75, 3.05) is 5.32 Å². The minimum atomic E-state index is -0.416. The molecule has 148 valence electrons. The van der Waals surface area contributed by atoms with E-state index < -0.39 is 4.92 Å². The number of hydrogen-bond acceptors (Lipinski definition) is 6. The van der Waals surface area contributed by atoms with Gasteiger partial charge in [0.25, 0.3) is 4.96 Å². The van der Waals surface area contributed by atoms with Gasteiger partial charge in [0.1, 0.15) is 6.20 Å². The van der Waals surface area contributed by atoms with Crippen LogP contribution in [0, 0.1) is 10.1 Å². The fourth-order valence-electron chi connectivity index (χ4n) is 3.34. The second-order valence-electron chi connectivity index (χ2n) is 6.60. The van der Waals surface area contributed by atoms with Crippen molar-refractivity contribution in [1.29, 1.82) is 0 Å². The number of imidazole rings is 1. The second-order valence-corrected chi connectivity index (χ2v) is 7.47. The summed E-state index contributed by atoms with van der Waals surface area (Å²) >= 11 is 1.35. The predicted octanol–water partition coefficient (Wildman–Crippen LogP) is 4.77. The zero-order chi connectivity index (χ0) is 20.5. The van der Waals surface area contributed by atoms with E-state index in [-0.39, 0.29) is 11.6 Å². The van der Waals surface area contributed by atoms with E-state index in [4.69, 9.17) is 5.10 Å². The molecule has 0 bridgehead atoms. The van der Waals surface area contributed by atoms with Gasteiger partial charge in [-0.15, -0.1) is 0 Å². The summed E-state index contributed by atoms with van der Waals surface area (Å²) in [5.41, 5.74) is 3.64. The van der Waals surface area contributed by atoms with Gasteiger partial charge in [-0.05, 0) is 17.1 Å². The molecule has 30 heavy (non-hydrogen) atoms. The standard InChI is InChI=1S/C21H16N6O2S/c28-27(29)20-19(23-21-25(20)11-12-30-21)22-13-16-14-26(17-9-5-2-6-10-17)24-18(16)15-7-3-1-4-8-15/h1-12,14,22H,13H2. The summed E-state index contributed by atoms with van der Waals surface area (Å²) in [7, 11) is 0. The van der Waals surface area contributed by atoms with E-state index in [1.54, 1.807) is 11.6 Å². The normalized spacial score (nSPS) is 11.1. The maximum Gasteiger partial charge on any atom is 0.372 e. The molecular formula is C21H16N6O2S. The van der Waals surface area contributed by atoms with E-state index in [1.165, 1.54) is 15.7 Å². The molecule has 3 heterocycles. The average molecular weight is 416 g/mol. The largest absolute Gasteiger partial charge is 0.372 e. The van der Waals surface area contributed by atoms with Crippen LogP contribution in [0.1, 0.15) is 5.56 Å². The summed E-state index contributed by atoms with van der Waals surface area (Å²) in [6.07, 6.45) is 3.59. The minimum Gasteiger partial charge on any atom is -0.359 e. The molecule has 0 aliphatic rings. The topological polar surface area (TPSA) is 90.3 Å². The fourth-order valence-corrected chi connectivity index (χ4v) is 4.05. The lowest BCUT2D eigenvalue weighted by atomic mass is 10.1. The van der Waals surface area contributed by atoms with E-state index in [2.05, 4.69) is 10.3 Å². The minimum absolute atomic E-state index is 0.0667. The molecule has 0 saturated carbocycles. The van der Waals surface area contributed by atoms with Crippen molar-refractivity contribution in [2.45, 2.75) is 6.54 Å². The third-order valence-electron chi connectivity index (χ3n) is 4.71. The molecule has 0 atom stereocenters. The van der Waals surface area contributed by atoms with Crippen LogP contribution in [0.5, 0.6) is 0 Å². The number of para-hydroxylation sites is 1. The summed E-state index contributed by atoms with van der Waals surface area (Å²) in [4.78, 5) is 16.1. The summed E-state index contributed by atoms with van der Waals surface area (Å²) in [5, 5.41) is 21.3. The Morgan fingerprint density at radius 1 is 1.07 bits per heavy atom. The van der Waals surface area contributed by atoms with Crippen LogP contribution in [-0.4, -0.2) is 24.1 Å². The molecule has 0 aliphatic heterocycles. The van der Waals surface area contributed by atoms with Gasteiger partial charge >= 0.3 is 5.82 Å². The zero-order valence-electron chi connectivity index (χ0n) is 15.7. The summed E-state index contributed by atoms with van der Waals surface area (Å²) < 4.78 is 3.30. The third-order valence-corrected chi connectivity index (χ3v) is 5.47. The highest BCUT2D eigenvalue weighted by atomic mass is 32.1. The smallest absolute Gasteiger partial charge is 0.359 e. The van der Waals surface area contributed by atoms with Gasteiger partial charge in [0.15, 0.2) is 0 Å². The molecule has 2 aromatic carbocycles. The Morgan fingerprint density at radius 3 is 2.53 bits per heavy atom. The molecule has 0 aliphatic carbocycles. The Kier molecular flexibility index (Phi) is 4.49. The number of hydrogen-bond donors (Lipinski definition) is 1. The number of nitro groups is 1. The highest BCUT2D eigenvalue weighted by Crippen LogP contribution is 2.30. The molecule has 0 unspecified atom stereocenters. The Morgan fingerprint density at radius 2 is 1.80 bits per heavy atom. The Labute approximate surface area is 175 Å². The van der Waals surface area contributed by atoms with Crippen molar-refractivity contribution in [3.8, 4) is 16.9 Å².